The van der Waals surface area contributed by atoms with Gasteiger partial charge in [0, 0.05) is 18.1 Å². The Bertz CT molecular complexity index is 1250. The van der Waals surface area contributed by atoms with Gasteiger partial charge in [-0.25, -0.2) is 0 Å². The molecular formula is C33H45ClN4O4. The van der Waals surface area contributed by atoms with E-state index in [-0.39, 0.29) is 29.1 Å². The first-order chi connectivity index (χ1) is 20.0. The molecule has 3 amide bonds. The van der Waals surface area contributed by atoms with E-state index >= 15 is 0 Å². The minimum Gasteiger partial charge on any atom is -0.492 e. The number of ether oxygens (including phenoxy) is 1. The minimum absolute atomic E-state index is 0.184. The average Bonchev–Trinajstić information content (AvgIpc) is 3.76. The number of para-hydroxylation sites is 1. The van der Waals surface area contributed by atoms with Crippen molar-refractivity contribution in [3.63, 3.8) is 0 Å². The summed E-state index contributed by atoms with van der Waals surface area (Å²) in [6.07, 6.45) is 3.80. The summed E-state index contributed by atoms with van der Waals surface area (Å²) in [6, 6.07) is 13.3. The van der Waals surface area contributed by atoms with E-state index in [4.69, 9.17) is 16.3 Å². The molecule has 42 heavy (non-hydrogen) atoms. The summed E-state index contributed by atoms with van der Waals surface area (Å²) in [5, 5.41) is 12.9. The maximum atomic E-state index is 13.7. The van der Waals surface area contributed by atoms with Crippen LogP contribution in [0.5, 0.6) is 5.75 Å². The first-order valence-corrected chi connectivity index (χ1v) is 15.5. The Kier molecular flexibility index (Phi) is 10.9. The van der Waals surface area contributed by atoms with Gasteiger partial charge in [0.05, 0.1) is 6.04 Å². The number of carbonyl (C=O) groups excluding carboxylic acids is 3. The van der Waals surface area contributed by atoms with Crippen molar-refractivity contribution in [2.75, 3.05) is 19.7 Å². The molecule has 1 fully saturated rings. The van der Waals surface area contributed by atoms with Crippen molar-refractivity contribution in [3.05, 3.63) is 64.7 Å². The van der Waals surface area contributed by atoms with Crippen molar-refractivity contribution in [2.45, 2.75) is 83.3 Å². The number of hydrogen-bond donors (Lipinski definition) is 4. The molecule has 2 aromatic carbocycles. The standard InChI is InChI=1S/C33H45ClN4O4/c1-21(2)29-32(41)37-27(19-22-12-13-22)30(39)36-15-14-33(3,4)25-10-5-6-11-28(25)42-17-16-35-26(31(40)38-29)20-23-8-7-9-24(34)18-23/h5-11,18,21-22,26-27,29,35H,12-17,19-20H2,1-4H3,(H,36,39)(H,37,41)(H,38,40)/t26-,27+,29-/m1/s1. The van der Waals surface area contributed by atoms with Crippen LogP contribution in [0.4, 0.5) is 0 Å². The molecule has 9 heteroatoms. The van der Waals surface area contributed by atoms with Gasteiger partial charge in [-0.3, -0.25) is 14.4 Å². The molecule has 4 N–H and O–H groups in total. The summed E-state index contributed by atoms with van der Waals surface area (Å²) in [7, 11) is 0. The topological polar surface area (TPSA) is 109 Å². The molecule has 228 valence electrons. The van der Waals surface area contributed by atoms with E-state index in [1.54, 1.807) is 6.07 Å². The quantitative estimate of drug-likeness (QED) is 0.415. The van der Waals surface area contributed by atoms with E-state index in [9.17, 15) is 14.4 Å². The Balaban J connectivity index is 1.61. The number of hydrogen-bond acceptors (Lipinski definition) is 5. The highest BCUT2D eigenvalue weighted by molar-refractivity contribution is 6.30. The lowest BCUT2D eigenvalue weighted by molar-refractivity contribution is -0.133. The molecule has 0 bridgehead atoms. The van der Waals surface area contributed by atoms with Crippen LogP contribution in [0.25, 0.3) is 0 Å². The van der Waals surface area contributed by atoms with Crippen LogP contribution in [0.3, 0.4) is 0 Å². The third kappa shape index (κ3) is 8.95. The third-order valence-electron chi connectivity index (χ3n) is 8.21. The largest absolute Gasteiger partial charge is 0.492 e. The number of nitrogens with one attached hydrogen (secondary N) is 4. The molecule has 0 unspecified atom stereocenters. The van der Waals surface area contributed by atoms with Crippen LogP contribution in [-0.2, 0) is 26.2 Å². The normalized spacial score (nSPS) is 24.3. The fourth-order valence-corrected chi connectivity index (χ4v) is 5.64. The van der Waals surface area contributed by atoms with Gasteiger partial charge in [-0.15, -0.1) is 0 Å². The second kappa shape index (κ2) is 14.4. The van der Waals surface area contributed by atoms with Crippen molar-refractivity contribution in [2.24, 2.45) is 11.8 Å². The molecule has 3 atom stereocenters. The summed E-state index contributed by atoms with van der Waals surface area (Å²) in [6.45, 7) is 9.29. The van der Waals surface area contributed by atoms with Crippen LogP contribution < -0.4 is 26.0 Å². The number of halogens is 1. The predicted octanol–water partition coefficient (Wildman–Crippen LogP) is 4.14. The van der Waals surface area contributed by atoms with Crippen LogP contribution in [0.2, 0.25) is 5.02 Å². The van der Waals surface area contributed by atoms with Gasteiger partial charge in [0.2, 0.25) is 17.7 Å². The van der Waals surface area contributed by atoms with Crippen LogP contribution in [0.1, 0.15) is 64.5 Å². The summed E-state index contributed by atoms with van der Waals surface area (Å²) < 4.78 is 6.22. The van der Waals surface area contributed by atoms with Gasteiger partial charge in [0.25, 0.3) is 0 Å². The lowest BCUT2D eigenvalue weighted by Crippen LogP contribution is -2.58. The Morgan fingerprint density at radius 1 is 0.929 bits per heavy atom. The Hall–Kier alpha value is -3.10. The molecule has 1 saturated carbocycles. The Morgan fingerprint density at radius 3 is 2.40 bits per heavy atom. The predicted molar refractivity (Wildman–Crippen MR) is 166 cm³/mol. The fraction of sp³-hybridized carbons (Fsp3) is 0.545. The van der Waals surface area contributed by atoms with Crippen molar-refractivity contribution in [3.8, 4) is 5.75 Å². The summed E-state index contributed by atoms with van der Waals surface area (Å²) >= 11 is 6.23. The van der Waals surface area contributed by atoms with E-state index < -0.39 is 18.1 Å². The smallest absolute Gasteiger partial charge is 0.243 e. The molecule has 0 saturated heterocycles. The number of benzene rings is 2. The lowest BCUT2D eigenvalue weighted by atomic mass is 9.81. The monoisotopic (exact) mass is 596 g/mol. The maximum absolute atomic E-state index is 13.7. The average molecular weight is 597 g/mol. The SMILES string of the molecule is CC(C)[C@H]1NC(=O)[C@@H](Cc2cccc(Cl)c2)NCCOc2ccccc2C(C)(C)CCNC(=O)[C@H](CC2CC2)NC1=O. The molecule has 0 spiro atoms. The van der Waals surface area contributed by atoms with Gasteiger partial charge in [0.15, 0.2) is 0 Å². The Morgan fingerprint density at radius 2 is 1.69 bits per heavy atom. The summed E-state index contributed by atoms with van der Waals surface area (Å²) in [4.78, 5) is 40.5. The van der Waals surface area contributed by atoms with Gasteiger partial charge in [0.1, 0.15) is 24.4 Å². The van der Waals surface area contributed by atoms with Crippen molar-refractivity contribution >= 4 is 29.3 Å². The van der Waals surface area contributed by atoms with Gasteiger partial charge in [-0.1, -0.05) is 82.5 Å². The zero-order valence-electron chi connectivity index (χ0n) is 25.2. The third-order valence-corrected chi connectivity index (χ3v) is 8.44. The summed E-state index contributed by atoms with van der Waals surface area (Å²) in [5.74, 6) is 0.195. The maximum Gasteiger partial charge on any atom is 0.243 e. The molecule has 1 aliphatic heterocycles. The number of fused-ring (bicyclic) bond motifs is 1. The van der Waals surface area contributed by atoms with Crippen LogP contribution in [-0.4, -0.2) is 55.5 Å². The number of rotatable bonds is 5. The molecule has 1 heterocycles. The molecule has 2 aromatic rings. The van der Waals surface area contributed by atoms with Gasteiger partial charge < -0.3 is 26.0 Å². The molecule has 4 rings (SSSR count). The first kappa shape index (κ1) is 31.8. The number of amides is 3. The second-order valence-corrected chi connectivity index (χ2v) is 13.0. The van der Waals surface area contributed by atoms with Gasteiger partial charge >= 0.3 is 0 Å². The zero-order chi connectivity index (χ0) is 30.3. The first-order valence-electron chi connectivity index (χ1n) is 15.1. The molecule has 1 aliphatic carbocycles. The van der Waals surface area contributed by atoms with E-state index in [1.807, 2.05) is 50.2 Å². The van der Waals surface area contributed by atoms with E-state index in [0.29, 0.717) is 49.9 Å². The lowest BCUT2D eigenvalue weighted by Gasteiger charge is -2.30. The van der Waals surface area contributed by atoms with Crippen molar-refractivity contribution < 1.29 is 19.1 Å². The molecule has 8 nitrogen and oxygen atoms in total. The molecule has 2 aliphatic rings. The van der Waals surface area contributed by atoms with Crippen LogP contribution >= 0.6 is 11.6 Å². The molecule has 0 aromatic heterocycles. The highest BCUT2D eigenvalue weighted by atomic mass is 35.5. The fourth-order valence-electron chi connectivity index (χ4n) is 5.43. The minimum atomic E-state index is -0.795. The van der Waals surface area contributed by atoms with E-state index in [2.05, 4.69) is 41.2 Å². The Labute approximate surface area is 254 Å². The number of carbonyl (C=O) groups is 3. The van der Waals surface area contributed by atoms with E-state index in [1.165, 1.54) is 0 Å². The van der Waals surface area contributed by atoms with Gasteiger partial charge in [-0.2, -0.15) is 0 Å². The highest BCUT2D eigenvalue weighted by Crippen LogP contribution is 2.35. The molecular weight excluding hydrogens is 552 g/mol. The second-order valence-electron chi connectivity index (χ2n) is 12.6. The van der Waals surface area contributed by atoms with Gasteiger partial charge in [-0.05, 0) is 65.8 Å². The molecule has 0 radical (unpaired) electrons. The summed E-state index contributed by atoms with van der Waals surface area (Å²) in [5.41, 5.74) is 1.68. The van der Waals surface area contributed by atoms with Crippen LogP contribution in [0, 0.1) is 11.8 Å². The van der Waals surface area contributed by atoms with Crippen molar-refractivity contribution in [1.82, 2.24) is 21.3 Å². The van der Waals surface area contributed by atoms with E-state index in [0.717, 1.165) is 29.7 Å². The van der Waals surface area contributed by atoms with Crippen molar-refractivity contribution in [1.29, 1.82) is 0 Å². The van der Waals surface area contributed by atoms with Crippen LogP contribution in [0.15, 0.2) is 48.5 Å². The zero-order valence-corrected chi connectivity index (χ0v) is 25.9. The highest BCUT2D eigenvalue weighted by Gasteiger charge is 2.34.